The summed E-state index contributed by atoms with van der Waals surface area (Å²) in [6.45, 7) is 3.71. The van der Waals surface area contributed by atoms with Gasteiger partial charge in [0.25, 0.3) is 0 Å². The van der Waals surface area contributed by atoms with E-state index in [0.29, 0.717) is 17.3 Å². The SMILES string of the molecule is Cc1ccc(-c2cc(Nc3ccc(Cl)c(C(F)(F)F)c3)nc(C)n2)cc1. The van der Waals surface area contributed by atoms with Crippen LogP contribution in [0.5, 0.6) is 0 Å². The van der Waals surface area contributed by atoms with Gasteiger partial charge in [-0.15, -0.1) is 0 Å². The third kappa shape index (κ3) is 4.14. The molecule has 0 aliphatic heterocycles. The van der Waals surface area contributed by atoms with Crippen molar-refractivity contribution in [1.82, 2.24) is 9.97 Å². The van der Waals surface area contributed by atoms with Crippen LogP contribution in [-0.4, -0.2) is 9.97 Å². The van der Waals surface area contributed by atoms with Gasteiger partial charge in [-0.3, -0.25) is 0 Å². The molecule has 0 atom stereocenters. The summed E-state index contributed by atoms with van der Waals surface area (Å²) in [7, 11) is 0. The Labute approximate surface area is 153 Å². The molecule has 0 fully saturated rings. The molecular formula is C19H15ClF3N3. The third-order valence-corrected chi connectivity index (χ3v) is 4.06. The van der Waals surface area contributed by atoms with Gasteiger partial charge >= 0.3 is 6.18 Å². The van der Waals surface area contributed by atoms with Gasteiger partial charge in [0, 0.05) is 17.3 Å². The second-order valence-corrected chi connectivity index (χ2v) is 6.28. The maximum Gasteiger partial charge on any atom is 0.417 e. The van der Waals surface area contributed by atoms with Crippen LogP contribution in [0.3, 0.4) is 0 Å². The second kappa shape index (κ2) is 6.96. The number of aryl methyl sites for hydroxylation is 2. The Morgan fingerprint density at radius 3 is 2.27 bits per heavy atom. The highest BCUT2D eigenvalue weighted by Gasteiger charge is 2.33. The van der Waals surface area contributed by atoms with Crippen molar-refractivity contribution in [2.45, 2.75) is 20.0 Å². The summed E-state index contributed by atoms with van der Waals surface area (Å²) in [6, 6.07) is 13.1. The van der Waals surface area contributed by atoms with Gasteiger partial charge in [-0.25, -0.2) is 9.97 Å². The summed E-state index contributed by atoms with van der Waals surface area (Å²) in [4.78, 5) is 8.64. The molecule has 3 aromatic rings. The predicted octanol–water partition coefficient (Wildman–Crippen LogP) is 6.18. The van der Waals surface area contributed by atoms with Gasteiger partial charge in [0.15, 0.2) is 0 Å². The largest absolute Gasteiger partial charge is 0.417 e. The standard InChI is InChI=1S/C19H15ClF3N3/c1-11-3-5-13(6-4-11)17-10-18(25-12(2)24-17)26-14-7-8-16(20)15(9-14)19(21,22)23/h3-10H,1-2H3,(H,24,25,26). The molecule has 0 aliphatic carbocycles. The fourth-order valence-electron chi connectivity index (χ4n) is 2.47. The van der Waals surface area contributed by atoms with E-state index in [2.05, 4.69) is 15.3 Å². The number of rotatable bonds is 3. The van der Waals surface area contributed by atoms with Crippen LogP contribution in [0.1, 0.15) is 17.0 Å². The van der Waals surface area contributed by atoms with Crippen LogP contribution in [0.2, 0.25) is 5.02 Å². The molecule has 1 N–H and O–H groups in total. The Morgan fingerprint density at radius 2 is 1.62 bits per heavy atom. The van der Waals surface area contributed by atoms with Gasteiger partial charge in [0.05, 0.1) is 16.3 Å². The molecule has 26 heavy (non-hydrogen) atoms. The topological polar surface area (TPSA) is 37.8 Å². The van der Waals surface area contributed by atoms with E-state index in [9.17, 15) is 13.2 Å². The van der Waals surface area contributed by atoms with Crippen LogP contribution >= 0.6 is 11.6 Å². The molecule has 134 valence electrons. The van der Waals surface area contributed by atoms with E-state index < -0.39 is 11.7 Å². The Hall–Kier alpha value is -2.60. The van der Waals surface area contributed by atoms with E-state index in [4.69, 9.17) is 11.6 Å². The van der Waals surface area contributed by atoms with Crippen molar-refractivity contribution >= 4 is 23.1 Å². The molecule has 0 bridgehead atoms. The Morgan fingerprint density at radius 1 is 0.923 bits per heavy atom. The molecule has 0 unspecified atom stereocenters. The van der Waals surface area contributed by atoms with Crippen molar-refractivity contribution in [2.24, 2.45) is 0 Å². The van der Waals surface area contributed by atoms with Crippen molar-refractivity contribution in [3.8, 4) is 11.3 Å². The minimum Gasteiger partial charge on any atom is -0.340 e. The van der Waals surface area contributed by atoms with Gasteiger partial charge in [-0.1, -0.05) is 41.4 Å². The summed E-state index contributed by atoms with van der Waals surface area (Å²) in [6.07, 6.45) is -4.52. The lowest BCUT2D eigenvalue weighted by Gasteiger charge is -2.13. The molecule has 0 amide bonds. The van der Waals surface area contributed by atoms with Gasteiger partial charge in [-0.2, -0.15) is 13.2 Å². The monoisotopic (exact) mass is 377 g/mol. The van der Waals surface area contributed by atoms with Crippen molar-refractivity contribution < 1.29 is 13.2 Å². The molecule has 1 heterocycles. The number of nitrogens with zero attached hydrogens (tertiary/aromatic N) is 2. The van der Waals surface area contributed by atoms with E-state index in [-0.39, 0.29) is 10.7 Å². The average Bonchev–Trinajstić information content (AvgIpc) is 2.56. The number of hydrogen-bond acceptors (Lipinski definition) is 3. The Balaban J connectivity index is 1.95. The van der Waals surface area contributed by atoms with Crippen LogP contribution in [-0.2, 0) is 6.18 Å². The summed E-state index contributed by atoms with van der Waals surface area (Å²) in [5.74, 6) is 0.916. The number of alkyl halides is 3. The molecule has 3 rings (SSSR count). The van der Waals surface area contributed by atoms with Crippen molar-refractivity contribution in [2.75, 3.05) is 5.32 Å². The summed E-state index contributed by atoms with van der Waals surface area (Å²) in [5, 5.41) is 2.55. The molecule has 0 spiro atoms. The van der Waals surface area contributed by atoms with Gasteiger partial charge < -0.3 is 5.32 Å². The van der Waals surface area contributed by atoms with Crippen LogP contribution in [0, 0.1) is 13.8 Å². The number of benzene rings is 2. The first-order valence-corrected chi connectivity index (χ1v) is 8.17. The predicted molar refractivity (Wildman–Crippen MR) is 96.7 cm³/mol. The number of aromatic nitrogens is 2. The molecule has 0 radical (unpaired) electrons. The average molecular weight is 378 g/mol. The number of hydrogen-bond donors (Lipinski definition) is 1. The summed E-state index contributed by atoms with van der Waals surface area (Å²) < 4.78 is 39.0. The maximum absolute atomic E-state index is 13.0. The zero-order valence-electron chi connectivity index (χ0n) is 14.0. The highest BCUT2D eigenvalue weighted by Crippen LogP contribution is 2.36. The zero-order chi connectivity index (χ0) is 18.9. The van der Waals surface area contributed by atoms with Gasteiger partial charge in [0.1, 0.15) is 11.6 Å². The molecule has 1 aromatic heterocycles. The molecule has 0 saturated carbocycles. The fraction of sp³-hybridized carbons (Fsp3) is 0.158. The van der Waals surface area contributed by atoms with Crippen LogP contribution in [0.15, 0.2) is 48.5 Å². The Bertz CT molecular complexity index is 938. The molecule has 0 saturated heterocycles. The first-order chi connectivity index (χ1) is 12.2. The van der Waals surface area contributed by atoms with Crippen LogP contribution in [0.4, 0.5) is 24.7 Å². The quantitative estimate of drug-likeness (QED) is 0.592. The van der Waals surface area contributed by atoms with E-state index in [1.54, 1.807) is 13.0 Å². The normalized spacial score (nSPS) is 11.5. The lowest BCUT2D eigenvalue weighted by Crippen LogP contribution is -2.07. The lowest BCUT2D eigenvalue weighted by molar-refractivity contribution is -0.137. The molecule has 0 aliphatic rings. The van der Waals surface area contributed by atoms with Crippen LogP contribution < -0.4 is 5.32 Å². The minimum atomic E-state index is -4.52. The van der Waals surface area contributed by atoms with E-state index >= 15 is 0 Å². The minimum absolute atomic E-state index is 0.245. The molecule has 2 aromatic carbocycles. The van der Waals surface area contributed by atoms with E-state index in [0.717, 1.165) is 17.2 Å². The van der Waals surface area contributed by atoms with Crippen LogP contribution in [0.25, 0.3) is 11.3 Å². The zero-order valence-corrected chi connectivity index (χ0v) is 14.8. The molecule has 3 nitrogen and oxygen atoms in total. The molecular weight excluding hydrogens is 363 g/mol. The number of nitrogens with one attached hydrogen (secondary N) is 1. The van der Waals surface area contributed by atoms with Gasteiger partial charge in [0.2, 0.25) is 0 Å². The van der Waals surface area contributed by atoms with Crippen molar-refractivity contribution in [1.29, 1.82) is 0 Å². The second-order valence-electron chi connectivity index (χ2n) is 5.87. The third-order valence-electron chi connectivity index (χ3n) is 3.73. The van der Waals surface area contributed by atoms with Crippen molar-refractivity contribution in [3.63, 3.8) is 0 Å². The summed E-state index contributed by atoms with van der Waals surface area (Å²) >= 11 is 5.65. The first-order valence-electron chi connectivity index (χ1n) is 7.79. The highest BCUT2D eigenvalue weighted by atomic mass is 35.5. The Kier molecular flexibility index (Phi) is 4.87. The smallest absolute Gasteiger partial charge is 0.340 e. The van der Waals surface area contributed by atoms with E-state index in [1.165, 1.54) is 12.1 Å². The highest BCUT2D eigenvalue weighted by molar-refractivity contribution is 6.31. The number of anilines is 2. The number of halogens is 4. The summed E-state index contributed by atoms with van der Waals surface area (Å²) in [5.41, 5.74) is 2.06. The van der Waals surface area contributed by atoms with E-state index in [1.807, 2.05) is 31.2 Å². The van der Waals surface area contributed by atoms with Gasteiger partial charge in [-0.05, 0) is 32.0 Å². The maximum atomic E-state index is 13.0. The lowest BCUT2D eigenvalue weighted by atomic mass is 10.1. The van der Waals surface area contributed by atoms with Crippen molar-refractivity contribution in [3.05, 3.63) is 70.5 Å². The molecule has 7 heteroatoms. The first kappa shape index (κ1) is 18.2. The fourth-order valence-corrected chi connectivity index (χ4v) is 2.70.